The molecule has 1 heterocycles. The van der Waals surface area contributed by atoms with Gasteiger partial charge in [-0.15, -0.1) is 0 Å². The number of quaternary nitrogens is 1. The van der Waals surface area contributed by atoms with Gasteiger partial charge >= 0.3 is 0 Å². The molecule has 3 nitrogen and oxygen atoms in total. The number of aldehydes is 1. The van der Waals surface area contributed by atoms with Gasteiger partial charge in [0.15, 0.2) is 0 Å². The Hall–Kier alpha value is -1.35. The number of nitrogens with zero attached hydrogens (tertiary/aromatic N) is 1. The van der Waals surface area contributed by atoms with E-state index in [9.17, 15) is 4.79 Å². The summed E-state index contributed by atoms with van der Waals surface area (Å²) in [7, 11) is 0. The van der Waals surface area contributed by atoms with Crippen molar-refractivity contribution < 1.29 is 9.69 Å². The number of nitrogens with one attached hydrogen (secondary N) is 1. The van der Waals surface area contributed by atoms with Crippen LogP contribution in [0, 0.1) is 6.92 Å². The molecule has 0 bridgehead atoms. The summed E-state index contributed by atoms with van der Waals surface area (Å²) in [6.45, 7) is 6.93. The van der Waals surface area contributed by atoms with Gasteiger partial charge in [-0.3, -0.25) is 4.79 Å². The lowest BCUT2D eigenvalue weighted by atomic mass is 10.1. The standard InChI is InChI=1S/C17H24N2O/c1-14-12-15(13-20)6-7-17(14)19-10-8-18(9-11-19)16-4-2-3-5-16/h6-7,12-13,16H,2-5,8-11H2,1H3/p+1. The molecule has 1 aliphatic carbocycles. The molecule has 1 N–H and O–H groups in total. The van der Waals surface area contributed by atoms with Gasteiger partial charge in [-0.05, 0) is 56.4 Å². The third-order valence-electron chi connectivity index (χ3n) is 5.04. The van der Waals surface area contributed by atoms with Crippen molar-refractivity contribution in [2.24, 2.45) is 0 Å². The summed E-state index contributed by atoms with van der Waals surface area (Å²) in [6.07, 6.45) is 6.66. The van der Waals surface area contributed by atoms with E-state index in [0.29, 0.717) is 0 Å². The minimum Gasteiger partial charge on any atom is -0.360 e. The molecule has 0 aromatic heterocycles. The van der Waals surface area contributed by atoms with Gasteiger partial charge in [-0.25, -0.2) is 0 Å². The van der Waals surface area contributed by atoms with E-state index in [1.807, 2.05) is 17.0 Å². The predicted octanol–water partition coefficient (Wildman–Crippen LogP) is 1.46. The van der Waals surface area contributed by atoms with Crippen LogP contribution >= 0.6 is 0 Å². The van der Waals surface area contributed by atoms with Crippen LogP contribution in [0.2, 0.25) is 0 Å². The summed E-state index contributed by atoms with van der Waals surface area (Å²) in [6, 6.07) is 6.97. The summed E-state index contributed by atoms with van der Waals surface area (Å²) < 4.78 is 0. The number of piperazine rings is 1. The van der Waals surface area contributed by atoms with Crippen molar-refractivity contribution in [3.8, 4) is 0 Å². The van der Waals surface area contributed by atoms with E-state index >= 15 is 0 Å². The molecule has 0 spiro atoms. The van der Waals surface area contributed by atoms with Crippen molar-refractivity contribution in [2.75, 3.05) is 31.1 Å². The fourth-order valence-electron chi connectivity index (χ4n) is 3.88. The van der Waals surface area contributed by atoms with Gasteiger partial charge in [0.2, 0.25) is 0 Å². The number of carbonyl (C=O) groups is 1. The zero-order chi connectivity index (χ0) is 13.9. The Labute approximate surface area is 121 Å². The zero-order valence-corrected chi connectivity index (χ0v) is 12.4. The van der Waals surface area contributed by atoms with E-state index in [1.165, 1.54) is 50.0 Å². The molecule has 1 aromatic carbocycles. The largest absolute Gasteiger partial charge is 0.360 e. The second kappa shape index (κ2) is 5.96. The van der Waals surface area contributed by atoms with Crippen LogP contribution in [-0.4, -0.2) is 38.5 Å². The highest BCUT2D eigenvalue weighted by Crippen LogP contribution is 2.21. The first-order chi connectivity index (χ1) is 9.78. The highest BCUT2D eigenvalue weighted by molar-refractivity contribution is 5.77. The third-order valence-corrected chi connectivity index (χ3v) is 5.04. The summed E-state index contributed by atoms with van der Waals surface area (Å²) in [5.74, 6) is 0. The molecule has 2 fully saturated rings. The molecular weight excluding hydrogens is 248 g/mol. The van der Waals surface area contributed by atoms with E-state index in [-0.39, 0.29) is 0 Å². The Morgan fingerprint density at radius 2 is 1.90 bits per heavy atom. The first-order valence-electron chi connectivity index (χ1n) is 7.93. The minimum absolute atomic E-state index is 0.779. The fourth-order valence-corrected chi connectivity index (χ4v) is 3.88. The van der Waals surface area contributed by atoms with Crippen molar-refractivity contribution >= 4 is 12.0 Å². The van der Waals surface area contributed by atoms with E-state index in [2.05, 4.69) is 17.9 Å². The lowest BCUT2D eigenvalue weighted by Crippen LogP contribution is -3.18. The lowest BCUT2D eigenvalue weighted by Gasteiger charge is -2.37. The van der Waals surface area contributed by atoms with Gasteiger partial charge in [0.25, 0.3) is 0 Å². The van der Waals surface area contributed by atoms with Crippen LogP contribution in [0.3, 0.4) is 0 Å². The Morgan fingerprint density at radius 3 is 2.50 bits per heavy atom. The van der Waals surface area contributed by atoms with Crippen molar-refractivity contribution in [3.63, 3.8) is 0 Å². The van der Waals surface area contributed by atoms with E-state index in [4.69, 9.17) is 0 Å². The molecule has 0 amide bonds. The van der Waals surface area contributed by atoms with Gasteiger partial charge in [0, 0.05) is 11.3 Å². The monoisotopic (exact) mass is 273 g/mol. The fraction of sp³-hybridized carbons (Fsp3) is 0.588. The molecule has 3 heteroatoms. The number of rotatable bonds is 3. The Bertz CT molecular complexity index is 472. The van der Waals surface area contributed by atoms with Crippen LogP contribution in [0.4, 0.5) is 5.69 Å². The second-order valence-corrected chi connectivity index (χ2v) is 6.29. The molecule has 2 aliphatic rings. The number of benzene rings is 1. The van der Waals surface area contributed by atoms with Gasteiger partial charge in [0.05, 0.1) is 32.2 Å². The van der Waals surface area contributed by atoms with Crippen LogP contribution in [0.25, 0.3) is 0 Å². The quantitative estimate of drug-likeness (QED) is 0.843. The lowest BCUT2D eigenvalue weighted by molar-refractivity contribution is -0.925. The predicted molar refractivity (Wildman–Crippen MR) is 81.7 cm³/mol. The number of carbonyl (C=O) groups excluding carboxylic acids is 1. The molecule has 1 saturated carbocycles. The van der Waals surface area contributed by atoms with Crippen LogP contribution in [0.5, 0.6) is 0 Å². The topological polar surface area (TPSA) is 24.8 Å². The third kappa shape index (κ3) is 2.73. The molecule has 3 rings (SSSR count). The average Bonchev–Trinajstić information content (AvgIpc) is 3.01. The van der Waals surface area contributed by atoms with Crippen LogP contribution in [0.15, 0.2) is 18.2 Å². The number of hydrogen-bond acceptors (Lipinski definition) is 2. The maximum Gasteiger partial charge on any atom is 0.150 e. The number of aryl methyl sites for hydroxylation is 1. The first-order valence-corrected chi connectivity index (χ1v) is 7.93. The van der Waals surface area contributed by atoms with Gasteiger partial charge in [0.1, 0.15) is 6.29 Å². The molecule has 0 radical (unpaired) electrons. The molecule has 1 aromatic rings. The molecule has 1 aliphatic heterocycles. The maximum absolute atomic E-state index is 10.8. The van der Waals surface area contributed by atoms with Gasteiger partial charge in [-0.2, -0.15) is 0 Å². The first kappa shape index (κ1) is 13.6. The van der Waals surface area contributed by atoms with Crippen molar-refractivity contribution in [1.82, 2.24) is 0 Å². The van der Waals surface area contributed by atoms with Gasteiger partial charge < -0.3 is 9.80 Å². The Morgan fingerprint density at radius 1 is 1.20 bits per heavy atom. The Balaban J connectivity index is 1.64. The molecule has 1 saturated heterocycles. The van der Waals surface area contributed by atoms with Crippen molar-refractivity contribution in [2.45, 2.75) is 38.6 Å². The van der Waals surface area contributed by atoms with Crippen molar-refractivity contribution in [1.29, 1.82) is 0 Å². The molecule has 108 valence electrons. The zero-order valence-electron chi connectivity index (χ0n) is 12.4. The average molecular weight is 273 g/mol. The summed E-state index contributed by atoms with van der Waals surface area (Å²) in [4.78, 5) is 15.1. The SMILES string of the molecule is Cc1cc(C=O)ccc1N1CC[NH+](C2CCCC2)CC1. The minimum atomic E-state index is 0.779. The normalized spacial score (nSPS) is 21.4. The smallest absolute Gasteiger partial charge is 0.150 e. The molecule has 20 heavy (non-hydrogen) atoms. The summed E-state index contributed by atoms with van der Waals surface area (Å²) in [5.41, 5.74) is 3.31. The highest BCUT2D eigenvalue weighted by Gasteiger charge is 2.29. The summed E-state index contributed by atoms with van der Waals surface area (Å²) >= 11 is 0. The van der Waals surface area contributed by atoms with Crippen LogP contribution in [-0.2, 0) is 0 Å². The molecular formula is C17H25N2O+. The van der Waals surface area contributed by atoms with Crippen molar-refractivity contribution in [3.05, 3.63) is 29.3 Å². The number of hydrogen-bond donors (Lipinski definition) is 1. The Kier molecular flexibility index (Phi) is 4.06. The second-order valence-electron chi connectivity index (χ2n) is 6.29. The van der Waals surface area contributed by atoms with E-state index in [1.54, 1.807) is 0 Å². The number of anilines is 1. The van der Waals surface area contributed by atoms with Crippen LogP contribution in [0.1, 0.15) is 41.6 Å². The van der Waals surface area contributed by atoms with E-state index in [0.717, 1.165) is 31.0 Å². The maximum atomic E-state index is 10.8. The van der Waals surface area contributed by atoms with E-state index < -0.39 is 0 Å². The molecule has 0 atom stereocenters. The molecule has 0 unspecified atom stereocenters. The summed E-state index contributed by atoms with van der Waals surface area (Å²) in [5, 5.41) is 0. The van der Waals surface area contributed by atoms with Gasteiger partial charge in [-0.1, -0.05) is 0 Å². The highest BCUT2D eigenvalue weighted by atomic mass is 16.1. The van der Waals surface area contributed by atoms with Crippen LogP contribution < -0.4 is 9.80 Å².